The first-order valence-corrected chi connectivity index (χ1v) is 13.6. The molecule has 0 amide bonds. The molecule has 1 saturated heterocycles. The van der Waals surface area contributed by atoms with Gasteiger partial charge < -0.3 is 28.3 Å². The first kappa shape index (κ1) is 30.7. The third-order valence-corrected chi connectivity index (χ3v) is 6.95. The second-order valence-electron chi connectivity index (χ2n) is 10.1. The van der Waals surface area contributed by atoms with Gasteiger partial charge in [0, 0.05) is 39.3 Å². The molecule has 5 atom stereocenters. The standard InChI is InChI=1S/C31H34FNO9/c1-6-21-10-12-22(13-11-21)14-23-15-33(25-9-7-8-24(32)27(23)25)31-30(41-20(5)37)29(40-19(4)36)28(39-18(3)35)26(42-31)16-38-17(2)34/h7-13,15,26,28-31H,6,14,16H2,1-5H3/t26-,28-,29+,30-,31-/m1/s1. The number of halogens is 1. The first-order chi connectivity index (χ1) is 20.0. The number of esters is 4. The quantitative estimate of drug-likeness (QED) is 0.270. The summed E-state index contributed by atoms with van der Waals surface area (Å²) in [4.78, 5) is 48.2. The van der Waals surface area contributed by atoms with Gasteiger partial charge in [0.1, 0.15) is 18.5 Å². The van der Waals surface area contributed by atoms with Crippen LogP contribution in [0.5, 0.6) is 0 Å². The van der Waals surface area contributed by atoms with Crippen LogP contribution in [0.4, 0.5) is 4.39 Å². The van der Waals surface area contributed by atoms with Crippen molar-refractivity contribution in [3.63, 3.8) is 0 Å². The zero-order chi connectivity index (χ0) is 30.6. The molecule has 10 nitrogen and oxygen atoms in total. The van der Waals surface area contributed by atoms with Crippen molar-refractivity contribution >= 4 is 34.8 Å². The van der Waals surface area contributed by atoms with Crippen LogP contribution in [-0.2, 0) is 55.7 Å². The zero-order valence-electron chi connectivity index (χ0n) is 24.1. The third kappa shape index (κ3) is 6.96. The number of carbonyl (C=O) groups is 4. The molecule has 1 fully saturated rings. The molecule has 0 spiro atoms. The maximum absolute atomic E-state index is 15.4. The maximum atomic E-state index is 15.4. The number of benzene rings is 2. The van der Waals surface area contributed by atoms with E-state index in [2.05, 4.69) is 6.92 Å². The van der Waals surface area contributed by atoms with Gasteiger partial charge in [-0.3, -0.25) is 19.2 Å². The van der Waals surface area contributed by atoms with Crippen molar-refractivity contribution in [2.75, 3.05) is 6.61 Å². The van der Waals surface area contributed by atoms with Crippen LogP contribution in [0.15, 0.2) is 48.7 Å². The molecule has 1 aliphatic heterocycles. The van der Waals surface area contributed by atoms with E-state index in [1.54, 1.807) is 22.9 Å². The van der Waals surface area contributed by atoms with Crippen molar-refractivity contribution in [3.8, 4) is 0 Å². The van der Waals surface area contributed by atoms with Crippen LogP contribution in [0.1, 0.15) is 57.5 Å². The minimum absolute atomic E-state index is 0.338. The minimum atomic E-state index is -1.34. The van der Waals surface area contributed by atoms with Gasteiger partial charge in [-0.1, -0.05) is 37.3 Å². The highest BCUT2D eigenvalue weighted by molar-refractivity contribution is 5.85. The second-order valence-corrected chi connectivity index (χ2v) is 10.1. The molecule has 1 aromatic heterocycles. The number of rotatable bonds is 9. The van der Waals surface area contributed by atoms with Gasteiger partial charge in [0.15, 0.2) is 24.5 Å². The number of ether oxygens (including phenoxy) is 5. The Kier molecular flexibility index (Phi) is 9.62. The molecule has 0 aliphatic carbocycles. The normalized spacial score (nSPS) is 21.9. The summed E-state index contributed by atoms with van der Waals surface area (Å²) in [5, 5.41) is 0.338. The summed E-state index contributed by atoms with van der Waals surface area (Å²) in [6, 6.07) is 12.6. The number of aromatic nitrogens is 1. The van der Waals surface area contributed by atoms with Gasteiger partial charge in [-0.15, -0.1) is 0 Å². The molecule has 42 heavy (non-hydrogen) atoms. The Labute approximate surface area is 242 Å². The molecule has 2 aromatic carbocycles. The molecule has 0 N–H and O–H groups in total. The van der Waals surface area contributed by atoms with E-state index in [0.29, 0.717) is 22.9 Å². The molecule has 0 radical (unpaired) electrons. The van der Waals surface area contributed by atoms with Gasteiger partial charge in [0.2, 0.25) is 0 Å². The molecular formula is C31H34FNO9. The van der Waals surface area contributed by atoms with E-state index in [1.165, 1.54) is 25.5 Å². The molecule has 11 heteroatoms. The molecule has 2 heterocycles. The summed E-state index contributed by atoms with van der Waals surface area (Å²) in [5.74, 6) is -3.26. The summed E-state index contributed by atoms with van der Waals surface area (Å²) in [6.07, 6.45) is -3.30. The second kappa shape index (κ2) is 13.2. The molecule has 0 unspecified atom stereocenters. The average molecular weight is 584 g/mol. The van der Waals surface area contributed by atoms with Crippen molar-refractivity contribution in [2.24, 2.45) is 0 Å². The lowest BCUT2D eigenvalue weighted by atomic mass is 9.97. The van der Waals surface area contributed by atoms with Crippen LogP contribution in [0.3, 0.4) is 0 Å². The molecule has 224 valence electrons. The predicted octanol–water partition coefficient (Wildman–Crippen LogP) is 4.19. The Morgan fingerprint density at radius 2 is 1.40 bits per heavy atom. The zero-order valence-corrected chi connectivity index (χ0v) is 24.1. The number of fused-ring (bicyclic) bond motifs is 1. The molecule has 1 aliphatic rings. The smallest absolute Gasteiger partial charge is 0.303 e. The SMILES string of the molecule is CCc1ccc(Cc2cn([C@@H]3O[C@H](COC(C)=O)[C@@H](OC(C)=O)[C@H](OC(C)=O)[C@H]3OC(C)=O)c3cccc(F)c23)cc1. The fraction of sp³-hybridized carbons (Fsp3) is 0.419. The first-order valence-electron chi connectivity index (χ1n) is 13.6. The van der Waals surface area contributed by atoms with Crippen LogP contribution in [0.2, 0.25) is 0 Å². The van der Waals surface area contributed by atoms with Crippen LogP contribution in [0.25, 0.3) is 10.9 Å². The Balaban J connectivity index is 1.86. The Morgan fingerprint density at radius 3 is 2.00 bits per heavy atom. The van der Waals surface area contributed by atoms with E-state index in [1.807, 2.05) is 24.3 Å². The molecule has 0 saturated carbocycles. The lowest BCUT2D eigenvalue weighted by Gasteiger charge is -2.44. The topological polar surface area (TPSA) is 119 Å². The molecule has 4 rings (SSSR count). The van der Waals surface area contributed by atoms with Crippen molar-refractivity contribution in [3.05, 3.63) is 71.2 Å². The number of carbonyl (C=O) groups excluding carboxylic acids is 4. The van der Waals surface area contributed by atoms with E-state index in [-0.39, 0.29) is 6.61 Å². The van der Waals surface area contributed by atoms with E-state index in [0.717, 1.165) is 25.8 Å². The summed E-state index contributed by atoms with van der Waals surface area (Å²) in [6.45, 7) is 6.39. The number of hydrogen-bond acceptors (Lipinski definition) is 9. The Morgan fingerprint density at radius 1 is 0.810 bits per heavy atom. The highest BCUT2D eigenvalue weighted by atomic mass is 19.1. The monoisotopic (exact) mass is 583 g/mol. The van der Waals surface area contributed by atoms with E-state index < -0.39 is 60.3 Å². The Bertz CT molecular complexity index is 1470. The highest BCUT2D eigenvalue weighted by Gasteiger charge is 2.53. The van der Waals surface area contributed by atoms with Crippen LogP contribution >= 0.6 is 0 Å². The summed E-state index contributed by atoms with van der Waals surface area (Å²) >= 11 is 0. The summed E-state index contributed by atoms with van der Waals surface area (Å²) < 4.78 is 45.1. The van der Waals surface area contributed by atoms with E-state index in [9.17, 15) is 19.2 Å². The molecular weight excluding hydrogens is 549 g/mol. The summed E-state index contributed by atoms with van der Waals surface area (Å²) in [5.41, 5.74) is 3.19. The van der Waals surface area contributed by atoms with Crippen LogP contribution in [-0.4, -0.2) is 59.5 Å². The fourth-order valence-corrected chi connectivity index (χ4v) is 5.23. The van der Waals surface area contributed by atoms with Gasteiger partial charge >= 0.3 is 23.9 Å². The van der Waals surface area contributed by atoms with Gasteiger partial charge in [0.25, 0.3) is 0 Å². The third-order valence-electron chi connectivity index (χ3n) is 6.95. The lowest BCUT2D eigenvalue weighted by Crippen LogP contribution is -2.60. The number of hydrogen-bond donors (Lipinski definition) is 0. The van der Waals surface area contributed by atoms with Crippen molar-refractivity contribution in [2.45, 2.75) is 78.1 Å². The van der Waals surface area contributed by atoms with Crippen LogP contribution < -0.4 is 0 Å². The van der Waals surface area contributed by atoms with E-state index >= 15 is 4.39 Å². The largest absolute Gasteiger partial charge is 0.463 e. The Hall–Kier alpha value is -4.25. The van der Waals surface area contributed by atoms with Gasteiger partial charge in [-0.05, 0) is 41.7 Å². The van der Waals surface area contributed by atoms with Crippen LogP contribution in [0, 0.1) is 5.82 Å². The van der Waals surface area contributed by atoms with E-state index in [4.69, 9.17) is 23.7 Å². The minimum Gasteiger partial charge on any atom is -0.463 e. The number of aryl methyl sites for hydroxylation is 1. The number of nitrogens with zero attached hydrogens (tertiary/aromatic N) is 1. The van der Waals surface area contributed by atoms with Crippen molar-refractivity contribution in [1.29, 1.82) is 0 Å². The average Bonchev–Trinajstić information content (AvgIpc) is 3.28. The predicted molar refractivity (Wildman–Crippen MR) is 148 cm³/mol. The molecule has 0 bridgehead atoms. The molecule has 3 aromatic rings. The van der Waals surface area contributed by atoms with Crippen molar-refractivity contribution in [1.82, 2.24) is 4.57 Å². The maximum Gasteiger partial charge on any atom is 0.303 e. The van der Waals surface area contributed by atoms with Gasteiger partial charge in [-0.25, -0.2) is 4.39 Å². The van der Waals surface area contributed by atoms with Gasteiger partial charge in [-0.2, -0.15) is 0 Å². The highest BCUT2D eigenvalue weighted by Crippen LogP contribution is 2.38. The van der Waals surface area contributed by atoms with Gasteiger partial charge in [0.05, 0.1) is 5.52 Å². The fourth-order valence-electron chi connectivity index (χ4n) is 5.23. The van der Waals surface area contributed by atoms with Crippen molar-refractivity contribution < 1.29 is 47.3 Å². The summed E-state index contributed by atoms with van der Waals surface area (Å²) in [7, 11) is 0. The lowest BCUT2D eigenvalue weighted by molar-refractivity contribution is -0.267.